The minimum atomic E-state index is 0.179. The second-order valence-corrected chi connectivity index (χ2v) is 5.54. The van der Waals surface area contributed by atoms with Gasteiger partial charge in [-0.25, -0.2) is 0 Å². The van der Waals surface area contributed by atoms with Gasteiger partial charge < -0.3 is 10.6 Å². The van der Waals surface area contributed by atoms with Crippen LogP contribution in [-0.2, 0) is 4.79 Å². The average Bonchev–Trinajstić information content (AvgIpc) is 2.87. The molecule has 0 aliphatic heterocycles. The summed E-state index contributed by atoms with van der Waals surface area (Å²) in [5.41, 5.74) is 0. The number of rotatable bonds is 5. The van der Waals surface area contributed by atoms with Gasteiger partial charge in [-0.2, -0.15) is 0 Å². The summed E-state index contributed by atoms with van der Waals surface area (Å²) in [4.78, 5) is 11.7. The Balaban J connectivity index is 1.67. The molecule has 92 valence electrons. The van der Waals surface area contributed by atoms with E-state index in [1.807, 2.05) is 0 Å². The molecule has 2 bridgehead atoms. The van der Waals surface area contributed by atoms with Gasteiger partial charge in [0.25, 0.3) is 0 Å². The van der Waals surface area contributed by atoms with E-state index in [0.717, 1.165) is 18.3 Å². The number of amides is 1. The van der Waals surface area contributed by atoms with E-state index in [1.165, 1.54) is 25.7 Å². The van der Waals surface area contributed by atoms with Crippen LogP contribution in [0.5, 0.6) is 0 Å². The maximum Gasteiger partial charge on any atom is 0.234 e. The first-order chi connectivity index (χ1) is 7.69. The molecule has 3 heteroatoms. The van der Waals surface area contributed by atoms with Gasteiger partial charge in [0.1, 0.15) is 0 Å². The van der Waals surface area contributed by atoms with Crippen LogP contribution in [0.3, 0.4) is 0 Å². The summed E-state index contributed by atoms with van der Waals surface area (Å²) in [6, 6.07) is 0.913. The van der Waals surface area contributed by atoms with Crippen LogP contribution in [0.2, 0.25) is 0 Å². The third kappa shape index (κ3) is 2.76. The van der Waals surface area contributed by atoms with Crippen LogP contribution in [0.15, 0.2) is 0 Å². The number of nitrogens with one attached hydrogen (secondary N) is 2. The fourth-order valence-corrected chi connectivity index (χ4v) is 3.09. The van der Waals surface area contributed by atoms with Crippen molar-refractivity contribution in [2.24, 2.45) is 11.8 Å². The van der Waals surface area contributed by atoms with Crippen LogP contribution in [0.1, 0.15) is 46.0 Å². The lowest BCUT2D eigenvalue weighted by molar-refractivity contribution is -0.121. The molecule has 0 radical (unpaired) electrons. The monoisotopic (exact) mass is 224 g/mol. The SMILES string of the molecule is CCC(C)NCC(=O)NC1CC2CCC1C2. The molecule has 2 fully saturated rings. The zero-order valence-electron chi connectivity index (χ0n) is 10.5. The molecule has 2 saturated carbocycles. The van der Waals surface area contributed by atoms with Crippen LogP contribution >= 0.6 is 0 Å². The summed E-state index contributed by atoms with van der Waals surface area (Å²) in [5.74, 6) is 1.85. The van der Waals surface area contributed by atoms with Crippen LogP contribution < -0.4 is 10.6 Å². The molecular weight excluding hydrogens is 200 g/mol. The highest BCUT2D eigenvalue weighted by molar-refractivity contribution is 5.78. The van der Waals surface area contributed by atoms with Gasteiger partial charge in [0.15, 0.2) is 0 Å². The van der Waals surface area contributed by atoms with Crippen molar-refractivity contribution in [2.75, 3.05) is 6.54 Å². The molecule has 3 nitrogen and oxygen atoms in total. The Kier molecular flexibility index (Phi) is 3.85. The third-order valence-corrected chi connectivity index (χ3v) is 4.31. The van der Waals surface area contributed by atoms with Crippen molar-refractivity contribution in [3.05, 3.63) is 0 Å². The highest BCUT2D eigenvalue weighted by Gasteiger charge is 2.39. The van der Waals surface area contributed by atoms with Gasteiger partial charge in [-0.3, -0.25) is 4.79 Å². The summed E-state index contributed by atoms with van der Waals surface area (Å²) in [5, 5.41) is 6.43. The molecule has 0 aromatic rings. The molecule has 0 aromatic carbocycles. The summed E-state index contributed by atoms with van der Waals surface area (Å²) in [6.45, 7) is 4.72. The van der Waals surface area contributed by atoms with Gasteiger partial charge in [0, 0.05) is 12.1 Å². The van der Waals surface area contributed by atoms with Crippen molar-refractivity contribution >= 4 is 5.91 Å². The number of carbonyl (C=O) groups excluding carboxylic acids is 1. The largest absolute Gasteiger partial charge is 0.352 e. The average molecular weight is 224 g/mol. The first-order valence-electron chi connectivity index (χ1n) is 6.71. The Labute approximate surface area is 98.4 Å². The van der Waals surface area contributed by atoms with E-state index in [-0.39, 0.29) is 5.91 Å². The Morgan fingerprint density at radius 3 is 2.75 bits per heavy atom. The molecule has 4 unspecified atom stereocenters. The number of hydrogen-bond donors (Lipinski definition) is 2. The second-order valence-electron chi connectivity index (χ2n) is 5.54. The van der Waals surface area contributed by atoms with E-state index in [4.69, 9.17) is 0 Å². The van der Waals surface area contributed by atoms with Crippen LogP contribution in [-0.4, -0.2) is 24.5 Å². The minimum Gasteiger partial charge on any atom is -0.352 e. The van der Waals surface area contributed by atoms with Crippen molar-refractivity contribution in [3.63, 3.8) is 0 Å². The zero-order chi connectivity index (χ0) is 11.5. The Bertz CT molecular complexity index is 254. The summed E-state index contributed by atoms with van der Waals surface area (Å²) in [6.07, 6.45) is 6.36. The predicted octanol–water partition coefficient (Wildman–Crippen LogP) is 1.68. The fraction of sp³-hybridized carbons (Fsp3) is 0.923. The maximum absolute atomic E-state index is 11.7. The Hall–Kier alpha value is -0.570. The quantitative estimate of drug-likeness (QED) is 0.746. The lowest BCUT2D eigenvalue weighted by atomic mass is 9.95. The molecule has 0 spiro atoms. The van der Waals surface area contributed by atoms with E-state index < -0.39 is 0 Å². The van der Waals surface area contributed by atoms with Crippen molar-refractivity contribution in [1.82, 2.24) is 10.6 Å². The van der Waals surface area contributed by atoms with Crippen LogP contribution in [0.25, 0.3) is 0 Å². The molecular formula is C13H24N2O. The summed E-state index contributed by atoms with van der Waals surface area (Å²) >= 11 is 0. The van der Waals surface area contributed by atoms with E-state index in [9.17, 15) is 4.79 Å². The highest BCUT2D eigenvalue weighted by atomic mass is 16.2. The van der Waals surface area contributed by atoms with E-state index in [1.54, 1.807) is 0 Å². The van der Waals surface area contributed by atoms with Crippen molar-refractivity contribution in [2.45, 2.75) is 58.0 Å². The van der Waals surface area contributed by atoms with Gasteiger partial charge >= 0.3 is 0 Å². The highest BCUT2D eigenvalue weighted by Crippen LogP contribution is 2.44. The molecule has 1 amide bonds. The third-order valence-electron chi connectivity index (χ3n) is 4.31. The topological polar surface area (TPSA) is 41.1 Å². The predicted molar refractivity (Wildman–Crippen MR) is 65.1 cm³/mol. The van der Waals surface area contributed by atoms with E-state index >= 15 is 0 Å². The maximum atomic E-state index is 11.7. The lowest BCUT2D eigenvalue weighted by Gasteiger charge is -2.23. The normalized spacial score (nSPS) is 34.0. The van der Waals surface area contributed by atoms with Gasteiger partial charge in [-0.1, -0.05) is 13.3 Å². The van der Waals surface area contributed by atoms with Crippen LogP contribution in [0.4, 0.5) is 0 Å². The summed E-state index contributed by atoms with van der Waals surface area (Å²) < 4.78 is 0. The first-order valence-corrected chi connectivity index (χ1v) is 6.71. The van der Waals surface area contributed by atoms with Gasteiger partial charge in [0.2, 0.25) is 5.91 Å². The zero-order valence-corrected chi connectivity index (χ0v) is 10.5. The molecule has 2 N–H and O–H groups in total. The van der Waals surface area contributed by atoms with Crippen molar-refractivity contribution in [3.8, 4) is 0 Å². The first kappa shape index (κ1) is 11.9. The Morgan fingerprint density at radius 1 is 1.38 bits per heavy atom. The van der Waals surface area contributed by atoms with Crippen LogP contribution in [0, 0.1) is 11.8 Å². The molecule has 0 saturated heterocycles. The van der Waals surface area contributed by atoms with Gasteiger partial charge in [-0.15, -0.1) is 0 Å². The summed E-state index contributed by atoms with van der Waals surface area (Å²) in [7, 11) is 0. The number of fused-ring (bicyclic) bond motifs is 2. The standard InChI is InChI=1S/C13H24N2O/c1-3-9(2)14-8-13(16)15-12-7-10-4-5-11(12)6-10/h9-12,14H,3-8H2,1-2H3,(H,15,16). The van der Waals surface area contributed by atoms with Crippen molar-refractivity contribution in [1.29, 1.82) is 0 Å². The molecule has 2 rings (SSSR count). The van der Waals surface area contributed by atoms with E-state index in [2.05, 4.69) is 24.5 Å². The molecule has 0 aromatic heterocycles. The smallest absolute Gasteiger partial charge is 0.234 e. The molecule has 4 atom stereocenters. The molecule has 16 heavy (non-hydrogen) atoms. The molecule has 2 aliphatic rings. The second kappa shape index (κ2) is 5.17. The fourth-order valence-electron chi connectivity index (χ4n) is 3.09. The van der Waals surface area contributed by atoms with Crippen molar-refractivity contribution < 1.29 is 4.79 Å². The minimum absolute atomic E-state index is 0.179. The number of hydrogen-bond acceptors (Lipinski definition) is 2. The van der Waals surface area contributed by atoms with Gasteiger partial charge in [-0.05, 0) is 44.4 Å². The lowest BCUT2D eigenvalue weighted by Crippen LogP contribution is -2.44. The molecule has 0 heterocycles. The van der Waals surface area contributed by atoms with E-state index in [0.29, 0.717) is 18.6 Å². The van der Waals surface area contributed by atoms with Gasteiger partial charge in [0.05, 0.1) is 6.54 Å². The molecule has 2 aliphatic carbocycles. The Morgan fingerprint density at radius 2 is 2.19 bits per heavy atom. The number of carbonyl (C=O) groups is 1.